The Hall–Kier alpha value is 0.0499. The minimum absolute atomic E-state index is 4.00. The van der Waals surface area contributed by atoms with Gasteiger partial charge in [-0.05, 0) is 0 Å². The van der Waals surface area contributed by atoms with Crippen LogP contribution in [0.1, 0.15) is 0 Å². The van der Waals surface area contributed by atoms with Gasteiger partial charge in [-0.25, -0.2) is 0 Å². The Morgan fingerprint density at radius 3 is 1.00 bits per heavy atom. The average molecular weight is 53.7 g/mol. The summed E-state index contributed by atoms with van der Waals surface area (Å²) in [5.74, 6) is 8.00. The van der Waals surface area contributed by atoms with Crippen molar-refractivity contribution >= 4 is 15.5 Å². The van der Waals surface area contributed by atoms with Crippen molar-refractivity contribution in [3.05, 3.63) is 0 Å². The van der Waals surface area contributed by atoms with Crippen molar-refractivity contribution in [1.82, 2.24) is 0 Å². The van der Waals surface area contributed by atoms with Gasteiger partial charge in [0.1, 0.15) is 0 Å². The molecule has 0 aliphatic carbocycles. The smallest absolute Gasteiger partial charge is 0 e. The van der Waals surface area contributed by atoms with E-state index in [1.807, 2.05) is 0 Å². The Kier molecular flexibility index (Phi) is 11500. The first kappa shape index (κ1) is 8.97. The highest BCUT2D eigenvalue weighted by Gasteiger charge is 1.00. The van der Waals surface area contributed by atoms with Gasteiger partial charge in [-0.3, -0.25) is 11.7 Å². The fourth-order valence-corrected chi connectivity index (χ4v) is 0. The number of nitrogens with two attached hydrogens (primary N) is 2. The molecule has 0 fully saturated rings. The zero-order chi connectivity index (χ0) is 4.00. The molecule has 4 heteroatoms. The normalized spacial score (nSPS) is 2.50. The van der Waals surface area contributed by atoms with Crippen LogP contribution in [-0.2, 0) is 0 Å². The van der Waals surface area contributed by atoms with Crippen LogP contribution in [-0.4, -0.2) is 15.5 Å². The van der Waals surface area contributed by atoms with Crippen LogP contribution in [0.15, 0.2) is 0 Å². The molecule has 4 heavy (non-hydrogen) atoms. The predicted octanol–water partition coefficient (Wildman–Crippen LogP) is -1.94. The Morgan fingerprint density at radius 1 is 1.00 bits per heavy atom. The van der Waals surface area contributed by atoms with Crippen molar-refractivity contribution in [3.8, 4) is 0 Å². The predicted molar refractivity (Wildman–Crippen MR) is 19.9 cm³/mol. The van der Waals surface area contributed by atoms with Crippen molar-refractivity contribution in [2.45, 2.75) is 0 Å². The van der Waals surface area contributed by atoms with E-state index < -0.39 is 0 Å². The van der Waals surface area contributed by atoms with Crippen molar-refractivity contribution in [2.24, 2.45) is 11.7 Å². The molecule has 0 saturated heterocycles. The van der Waals surface area contributed by atoms with Gasteiger partial charge in [0.05, 0.1) is 0 Å². The quantitative estimate of drug-likeness (QED) is 0.192. The summed E-state index contributed by atoms with van der Waals surface area (Å²) in [5.41, 5.74) is 0. The van der Waals surface area contributed by atoms with Crippen LogP contribution in [0.25, 0.3) is 0 Å². The Balaban J connectivity index is 0. The number of rotatable bonds is 0. The standard InChI is InChI=1S/B2.H4N2/c2*1-2/h;1-2H2. The first-order valence-electron chi connectivity index (χ1n) is 0.667. The highest BCUT2D eigenvalue weighted by atomic mass is 15.0. The van der Waals surface area contributed by atoms with Crippen LogP contribution in [0, 0.1) is 0 Å². The van der Waals surface area contributed by atoms with Crippen molar-refractivity contribution in [1.29, 1.82) is 0 Å². The summed E-state index contributed by atoms with van der Waals surface area (Å²) in [4.78, 5) is 0. The fourth-order valence-electron chi connectivity index (χ4n) is 0. The zero-order valence-electron chi connectivity index (χ0n) is 2.31. The van der Waals surface area contributed by atoms with E-state index >= 15 is 0 Å². The minimum atomic E-state index is 4.00. The van der Waals surface area contributed by atoms with Gasteiger partial charge < -0.3 is 0 Å². The molecule has 0 unspecified atom stereocenters. The lowest BCUT2D eigenvalue weighted by Crippen LogP contribution is -2.02. The largest absolute Gasteiger partial charge is 0.274 e. The van der Waals surface area contributed by atoms with Gasteiger partial charge in [0.25, 0.3) is 0 Å². The molecule has 4 N–H and O–H groups in total. The fraction of sp³-hybridized carbons (Fsp3) is 0. The van der Waals surface area contributed by atoms with E-state index in [9.17, 15) is 0 Å². The lowest BCUT2D eigenvalue weighted by atomic mass is 9.81. The van der Waals surface area contributed by atoms with Gasteiger partial charge in [0.2, 0.25) is 0 Å². The summed E-state index contributed by atoms with van der Waals surface area (Å²) >= 11 is 0. The molecule has 0 aromatic heterocycles. The first-order chi connectivity index (χ1) is 2.00. The number of hydrazine groups is 1. The van der Waals surface area contributed by atoms with E-state index in [0.717, 1.165) is 0 Å². The molecule has 0 bridgehead atoms. The van der Waals surface area contributed by atoms with E-state index in [1.165, 1.54) is 0 Å². The van der Waals surface area contributed by atoms with Crippen molar-refractivity contribution in [2.75, 3.05) is 0 Å². The SMILES string of the molecule is NN.[B][B]. The highest BCUT2D eigenvalue weighted by molar-refractivity contribution is 6.75. The van der Waals surface area contributed by atoms with Crippen molar-refractivity contribution in [3.63, 3.8) is 0 Å². The van der Waals surface area contributed by atoms with Crippen molar-refractivity contribution < 1.29 is 0 Å². The van der Waals surface area contributed by atoms with E-state index in [0.29, 0.717) is 0 Å². The summed E-state index contributed by atoms with van der Waals surface area (Å²) in [6.45, 7) is 0. The molecular weight excluding hydrogens is 49.6 g/mol. The van der Waals surface area contributed by atoms with Crippen LogP contribution in [0.4, 0.5) is 0 Å². The average Bonchev–Trinajstić information content (AvgIpc) is 1.50. The monoisotopic (exact) mass is 54.1 g/mol. The third kappa shape index (κ3) is 908. The summed E-state index contributed by atoms with van der Waals surface area (Å²) in [5, 5.41) is 0. The second-order valence-electron chi connectivity index (χ2n) is 0. The van der Waals surface area contributed by atoms with Gasteiger partial charge in [-0.2, -0.15) is 0 Å². The van der Waals surface area contributed by atoms with Crippen LogP contribution in [0.3, 0.4) is 0 Å². The molecule has 0 aliphatic rings. The molecule has 0 aromatic carbocycles. The lowest BCUT2D eigenvalue weighted by molar-refractivity contribution is 1.26. The van der Waals surface area contributed by atoms with Gasteiger partial charge in [0.15, 0.2) is 0 Å². The Labute approximate surface area is 28.3 Å². The second kappa shape index (κ2) is 5150. The molecule has 2 nitrogen and oxygen atoms in total. The number of hydrogen-bond acceptors (Lipinski definition) is 2. The molecule has 0 heterocycles. The first-order valence-corrected chi connectivity index (χ1v) is 0.667. The molecule has 0 rings (SSSR count). The van der Waals surface area contributed by atoms with E-state index in [1.54, 1.807) is 0 Å². The van der Waals surface area contributed by atoms with E-state index in [-0.39, 0.29) is 0 Å². The molecule has 0 atom stereocenters. The van der Waals surface area contributed by atoms with Gasteiger partial charge in [-0.15, -0.1) is 0 Å². The van der Waals surface area contributed by atoms with Crippen LogP contribution in [0.2, 0.25) is 0 Å². The molecular formula is H4B2N2. The van der Waals surface area contributed by atoms with Gasteiger partial charge in [0, 0.05) is 15.5 Å². The molecule has 0 saturated carbocycles. The maximum atomic E-state index is 4.00. The third-order valence-electron chi connectivity index (χ3n) is 0. The summed E-state index contributed by atoms with van der Waals surface area (Å²) in [6, 6.07) is 0. The van der Waals surface area contributed by atoms with Crippen LogP contribution >= 0.6 is 0 Å². The van der Waals surface area contributed by atoms with E-state index in [4.69, 9.17) is 0 Å². The summed E-state index contributed by atoms with van der Waals surface area (Å²) in [6.07, 6.45) is 0. The second-order valence-corrected chi connectivity index (χ2v) is 0. The Bertz CT molecular complexity index is 4.00. The van der Waals surface area contributed by atoms with Gasteiger partial charge in [-0.1, -0.05) is 0 Å². The maximum absolute atomic E-state index is 4.00. The maximum Gasteiger partial charge on any atom is 0 e. The zero-order valence-corrected chi connectivity index (χ0v) is 2.31. The molecule has 0 amide bonds. The van der Waals surface area contributed by atoms with Gasteiger partial charge >= 0.3 is 0 Å². The molecule has 4 radical (unpaired) electrons. The Morgan fingerprint density at radius 2 is 1.00 bits per heavy atom. The van der Waals surface area contributed by atoms with Crippen LogP contribution < -0.4 is 11.7 Å². The molecule has 0 spiro atoms. The lowest BCUT2D eigenvalue weighted by Gasteiger charge is -1.27. The topological polar surface area (TPSA) is 52.0 Å². The minimum Gasteiger partial charge on any atom is -0.274 e. The molecule has 0 aliphatic heterocycles. The van der Waals surface area contributed by atoms with E-state index in [2.05, 4.69) is 27.2 Å². The summed E-state index contributed by atoms with van der Waals surface area (Å²) in [7, 11) is 8.00. The molecule has 20 valence electrons. The number of hydrogen-bond donors (Lipinski definition) is 2. The molecule has 0 aromatic rings. The van der Waals surface area contributed by atoms with Crippen LogP contribution in [0.5, 0.6) is 0 Å². The highest BCUT2D eigenvalue weighted by Crippen LogP contribution is 0.619. The third-order valence-corrected chi connectivity index (χ3v) is 0. The summed E-state index contributed by atoms with van der Waals surface area (Å²) < 4.78 is 0.